The Bertz CT molecular complexity index is 684. The molecule has 5 aliphatic rings. The summed E-state index contributed by atoms with van der Waals surface area (Å²) in [6.45, 7) is 4.75. The molecule has 2 aliphatic heterocycles. The summed E-state index contributed by atoms with van der Waals surface area (Å²) >= 11 is 6.45. The van der Waals surface area contributed by atoms with Crippen molar-refractivity contribution in [2.75, 3.05) is 39.3 Å². The Hall–Kier alpha value is -0.850. The third-order valence-corrected chi connectivity index (χ3v) is 9.29. The minimum absolute atomic E-state index is 0.137. The van der Waals surface area contributed by atoms with Gasteiger partial charge in [0.05, 0.1) is 0 Å². The van der Waals surface area contributed by atoms with Crippen LogP contribution >= 0.6 is 11.6 Å². The molecule has 1 N–H and O–H groups in total. The van der Waals surface area contributed by atoms with Crippen molar-refractivity contribution in [1.82, 2.24) is 14.7 Å². The standard InChI is InChI=1S/C24H38ClN3O3/c25-20-4-1-17-7-10-28(16-19(17)15-20)21-5-2-18(3-6-21)22(29)26-11-13-27(14-12-26)23(30)24(31)8-9-24/h17-21,31H,1-16H2. The van der Waals surface area contributed by atoms with Crippen molar-refractivity contribution in [3.63, 3.8) is 0 Å². The Labute approximate surface area is 191 Å². The number of alkyl halides is 1. The van der Waals surface area contributed by atoms with Crippen LogP contribution in [0.2, 0.25) is 0 Å². The van der Waals surface area contributed by atoms with E-state index in [4.69, 9.17) is 11.6 Å². The second-order valence-electron chi connectivity index (χ2n) is 10.9. The van der Waals surface area contributed by atoms with E-state index in [-0.39, 0.29) is 17.7 Å². The molecule has 0 aromatic rings. The van der Waals surface area contributed by atoms with Gasteiger partial charge in [0.2, 0.25) is 5.91 Å². The predicted molar refractivity (Wildman–Crippen MR) is 120 cm³/mol. The molecule has 2 saturated heterocycles. The van der Waals surface area contributed by atoms with E-state index >= 15 is 0 Å². The van der Waals surface area contributed by atoms with Crippen LogP contribution in [0.4, 0.5) is 0 Å². The monoisotopic (exact) mass is 451 g/mol. The molecule has 6 nitrogen and oxygen atoms in total. The molecule has 5 fully saturated rings. The van der Waals surface area contributed by atoms with E-state index in [1.165, 1.54) is 38.8 Å². The number of carbonyl (C=O) groups is 2. The Morgan fingerprint density at radius 3 is 2.16 bits per heavy atom. The summed E-state index contributed by atoms with van der Waals surface area (Å²) in [4.78, 5) is 31.8. The van der Waals surface area contributed by atoms with E-state index in [0.717, 1.165) is 37.5 Å². The van der Waals surface area contributed by atoms with Gasteiger partial charge < -0.3 is 19.8 Å². The minimum Gasteiger partial charge on any atom is -0.380 e. The largest absolute Gasteiger partial charge is 0.380 e. The van der Waals surface area contributed by atoms with Crippen LogP contribution in [0.1, 0.15) is 64.2 Å². The van der Waals surface area contributed by atoms with Crippen molar-refractivity contribution in [3.05, 3.63) is 0 Å². The van der Waals surface area contributed by atoms with E-state index in [1.54, 1.807) is 4.90 Å². The van der Waals surface area contributed by atoms with Crippen LogP contribution in [0, 0.1) is 17.8 Å². The van der Waals surface area contributed by atoms with Gasteiger partial charge in [-0.1, -0.05) is 0 Å². The lowest BCUT2D eigenvalue weighted by molar-refractivity contribution is -0.148. The number of rotatable bonds is 3. The smallest absolute Gasteiger partial charge is 0.254 e. The van der Waals surface area contributed by atoms with Gasteiger partial charge in [-0.05, 0) is 82.6 Å². The van der Waals surface area contributed by atoms with E-state index < -0.39 is 5.60 Å². The Kier molecular flexibility index (Phi) is 6.26. The molecule has 5 rings (SSSR count). The number of amides is 2. The van der Waals surface area contributed by atoms with Gasteiger partial charge in [0.15, 0.2) is 0 Å². The summed E-state index contributed by atoms with van der Waals surface area (Å²) in [6.07, 6.45) is 10.4. The number of hydrogen-bond donors (Lipinski definition) is 1. The fraction of sp³-hybridized carbons (Fsp3) is 0.917. The molecule has 3 unspecified atom stereocenters. The molecule has 7 heteroatoms. The van der Waals surface area contributed by atoms with Gasteiger partial charge in [-0.3, -0.25) is 9.59 Å². The van der Waals surface area contributed by atoms with Crippen LogP contribution in [0.25, 0.3) is 0 Å². The molecular weight excluding hydrogens is 414 g/mol. The first-order chi connectivity index (χ1) is 14.9. The summed E-state index contributed by atoms with van der Waals surface area (Å²) in [6, 6.07) is 0.634. The fourth-order valence-corrected chi connectivity index (χ4v) is 6.99. The second kappa shape index (κ2) is 8.83. The van der Waals surface area contributed by atoms with Gasteiger partial charge in [-0.2, -0.15) is 0 Å². The zero-order valence-corrected chi connectivity index (χ0v) is 19.4. The molecule has 0 aromatic carbocycles. The van der Waals surface area contributed by atoms with Gasteiger partial charge in [-0.15, -0.1) is 11.6 Å². The zero-order chi connectivity index (χ0) is 21.6. The highest BCUT2D eigenvalue weighted by Gasteiger charge is 2.50. The van der Waals surface area contributed by atoms with Crippen LogP contribution in [0.15, 0.2) is 0 Å². The summed E-state index contributed by atoms with van der Waals surface area (Å²) < 4.78 is 0. The topological polar surface area (TPSA) is 64.1 Å². The highest BCUT2D eigenvalue weighted by molar-refractivity contribution is 6.20. The first kappa shape index (κ1) is 22.0. The normalized spacial score (nSPS) is 38.5. The van der Waals surface area contributed by atoms with Crippen LogP contribution in [-0.2, 0) is 9.59 Å². The summed E-state index contributed by atoms with van der Waals surface area (Å²) in [5, 5.41) is 10.4. The minimum atomic E-state index is -1.10. The molecule has 0 bridgehead atoms. The number of piperidine rings is 1. The maximum Gasteiger partial charge on any atom is 0.254 e. The van der Waals surface area contributed by atoms with Crippen LogP contribution in [-0.4, -0.2) is 87.9 Å². The molecule has 0 spiro atoms. The third-order valence-electron chi connectivity index (χ3n) is 8.89. The molecular formula is C24H38ClN3O3. The average Bonchev–Trinajstić information content (AvgIpc) is 3.56. The van der Waals surface area contributed by atoms with Crippen LogP contribution < -0.4 is 0 Å². The Morgan fingerprint density at radius 2 is 1.48 bits per heavy atom. The molecule has 3 aliphatic carbocycles. The Balaban J connectivity index is 1.07. The van der Waals surface area contributed by atoms with Crippen molar-refractivity contribution >= 4 is 23.4 Å². The second-order valence-corrected chi connectivity index (χ2v) is 11.5. The Morgan fingerprint density at radius 1 is 0.806 bits per heavy atom. The number of aliphatic hydroxyl groups is 1. The molecule has 3 atom stereocenters. The fourth-order valence-electron chi connectivity index (χ4n) is 6.63. The van der Waals surface area contributed by atoms with Gasteiger partial charge in [-0.25, -0.2) is 0 Å². The molecule has 0 aromatic heterocycles. The number of piperazine rings is 1. The number of likely N-dealkylation sites (tertiary alicyclic amines) is 1. The first-order valence-electron chi connectivity index (χ1n) is 12.6. The zero-order valence-electron chi connectivity index (χ0n) is 18.7. The van der Waals surface area contributed by atoms with Crippen molar-refractivity contribution < 1.29 is 14.7 Å². The van der Waals surface area contributed by atoms with Gasteiger partial charge in [0.25, 0.3) is 5.91 Å². The van der Waals surface area contributed by atoms with Crippen molar-refractivity contribution in [1.29, 1.82) is 0 Å². The summed E-state index contributed by atoms with van der Waals surface area (Å²) in [7, 11) is 0. The van der Waals surface area contributed by atoms with Crippen LogP contribution in [0.3, 0.4) is 0 Å². The van der Waals surface area contributed by atoms with E-state index in [2.05, 4.69) is 4.90 Å². The van der Waals surface area contributed by atoms with Crippen molar-refractivity contribution in [2.45, 2.75) is 81.2 Å². The first-order valence-corrected chi connectivity index (χ1v) is 13.1. The molecule has 0 radical (unpaired) electrons. The van der Waals surface area contributed by atoms with E-state index in [9.17, 15) is 14.7 Å². The number of nitrogens with zero attached hydrogens (tertiary/aromatic N) is 3. The SMILES string of the molecule is O=C(C1CCC(N2CCC3CCC(Cl)CC3C2)CC1)N1CCN(C(=O)C2(O)CC2)CC1. The number of fused-ring (bicyclic) bond motifs is 1. The lowest BCUT2D eigenvalue weighted by atomic mass is 9.74. The van der Waals surface area contributed by atoms with Gasteiger partial charge in [0, 0.05) is 50.1 Å². The van der Waals surface area contributed by atoms with Gasteiger partial charge >= 0.3 is 0 Å². The molecule has 174 valence electrons. The van der Waals surface area contributed by atoms with Crippen molar-refractivity contribution in [2.24, 2.45) is 17.8 Å². The summed E-state index contributed by atoms with van der Waals surface area (Å²) in [5.74, 6) is 1.95. The van der Waals surface area contributed by atoms with Crippen molar-refractivity contribution in [3.8, 4) is 0 Å². The average molecular weight is 452 g/mol. The molecule has 3 saturated carbocycles. The highest BCUT2D eigenvalue weighted by atomic mass is 35.5. The predicted octanol–water partition coefficient (Wildman–Crippen LogP) is 2.47. The quantitative estimate of drug-likeness (QED) is 0.669. The molecule has 31 heavy (non-hydrogen) atoms. The molecule has 2 heterocycles. The lowest BCUT2D eigenvalue weighted by Crippen LogP contribution is -2.55. The van der Waals surface area contributed by atoms with Gasteiger partial charge in [0.1, 0.15) is 5.60 Å². The maximum absolute atomic E-state index is 13.1. The number of carbonyl (C=O) groups excluding carboxylic acids is 2. The third kappa shape index (κ3) is 4.63. The summed E-state index contributed by atoms with van der Waals surface area (Å²) in [5.41, 5.74) is -1.10. The lowest BCUT2D eigenvalue weighted by Gasteiger charge is -2.47. The number of hydrogen-bond acceptors (Lipinski definition) is 4. The van der Waals surface area contributed by atoms with E-state index in [1.807, 2.05) is 4.90 Å². The highest BCUT2D eigenvalue weighted by Crippen LogP contribution is 2.40. The molecule has 2 amide bonds. The number of halogens is 1. The van der Waals surface area contributed by atoms with Crippen LogP contribution in [0.5, 0.6) is 0 Å². The maximum atomic E-state index is 13.1. The van der Waals surface area contributed by atoms with E-state index in [0.29, 0.717) is 50.4 Å².